The van der Waals surface area contributed by atoms with Gasteiger partial charge in [-0.1, -0.05) is 17.7 Å². The lowest BCUT2D eigenvalue weighted by atomic mass is 10.1. The summed E-state index contributed by atoms with van der Waals surface area (Å²) in [6.45, 7) is 0.481. The second-order valence-electron chi connectivity index (χ2n) is 4.88. The minimum absolute atomic E-state index is 0.0404. The van der Waals surface area contributed by atoms with E-state index in [4.69, 9.17) is 11.6 Å². The van der Waals surface area contributed by atoms with Crippen LogP contribution in [0.25, 0.3) is 0 Å². The Morgan fingerprint density at radius 3 is 2.43 bits per heavy atom. The molecule has 0 aliphatic heterocycles. The molecule has 0 aliphatic carbocycles. The highest BCUT2D eigenvalue weighted by atomic mass is 35.5. The number of amides is 1. The van der Waals surface area contributed by atoms with Gasteiger partial charge in [0.05, 0.1) is 5.02 Å². The minimum atomic E-state index is -0.428. The van der Waals surface area contributed by atoms with Gasteiger partial charge >= 0.3 is 0 Å². The molecule has 0 aromatic heterocycles. The number of halogens is 2. The molecular formula is C16H16ClFN2O. The number of nitrogens with zero attached hydrogens (tertiary/aromatic N) is 1. The van der Waals surface area contributed by atoms with Crippen LogP contribution in [0.3, 0.4) is 0 Å². The molecular weight excluding hydrogens is 291 g/mol. The normalized spacial score (nSPS) is 10.3. The van der Waals surface area contributed by atoms with Gasteiger partial charge in [0.2, 0.25) is 0 Å². The highest BCUT2D eigenvalue weighted by molar-refractivity contribution is 6.30. The fraction of sp³-hybridized carbons (Fsp3) is 0.188. The zero-order chi connectivity index (χ0) is 15.4. The van der Waals surface area contributed by atoms with Gasteiger partial charge in [0.25, 0.3) is 5.91 Å². The first kappa shape index (κ1) is 15.3. The summed E-state index contributed by atoms with van der Waals surface area (Å²) in [5.74, 6) is -0.468. The number of carbonyl (C=O) groups excluding carboxylic acids is 1. The van der Waals surface area contributed by atoms with Crippen molar-refractivity contribution in [2.24, 2.45) is 0 Å². The van der Waals surface area contributed by atoms with E-state index in [0.717, 1.165) is 11.3 Å². The van der Waals surface area contributed by atoms with Gasteiger partial charge in [-0.3, -0.25) is 4.79 Å². The predicted octanol–water partition coefficient (Wildman–Crippen LogP) is 3.79. The summed E-state index contributed by atoms with van der Waals surface area (Å²) in [6, 6.07) is 11.9. The Morgan fingerprint density at radius 1 is 1.19 bits per heavy atom. The van der Waals surface area contributed by atoms with Gasteiger partial charge < -0.3 is 10.2 Å². The first-order chi connectivity index (χ1) is 9.97. The molecule has 0 unspecified atom stereocenters. The van der Waals surface area contributed by atoms with Crippen molar-refractivity contribution >= 4 is 23.2 Å². The Balaban J connectivity index is 2.00. The molecule has 0 saturated carbocycles. The molecule has 2 aromatic rings. The molecule has 0 aliphatic rings. The Labute approximate surface area is 128 Å². The van der Waals surface area contributed by atoms with Crippen molar-refractivity contribution < 1.29 is 9.18 Å². The van der Waals surface area contributed by atoms with Gasteiger partial charge in [-0.05, 0) is 42.0 Å². The van der Waals surface area contributed by atoms with E-state index in [0.29, 0.717) is 12.1 Å². The molecule has 110 valence electrons. The van der Waals surface area contributed by atoms with Gasteiger partial charge in [-0.2, -0.15) is 0 Å². The molecule has 0 bridgehead atoms. The molecule has 1 amide bonds. The highest BCUT2D eigenvalue weighted by Gasteiger charge is 2.07. The Morgan fingerprint density at radius 2 is 1.86 bits per heavy atom. The molecule has 0 saturated heterocycles. The average Bonchev–Trinajstić information content (AvgIpc) is 2.48. The van der Waals surface area contributed by atoms with Gasteiger partial charge in [-0.25, -0.2) is 4.39 Å². The van der Waals surface area contributed by atoms with Gasteiger partial charge in [0.1, 0.15) is 5.82 Å². The van der Waals surface area contributed by atoms with E-state index in [1.807, 2.05) is 12.1 Å². The lowest BCUT2D eigenvalue weighted by molar-refractivity contribution is 0.0827. The van der Waals surface area contributed by atoms with Crippen LogP contribution in [-0.4, -0.2) is 24.9 Å². The fourth-order valence-electron chi connectivity index (χ4n) is 1.84. The summed E-state index contributed by atoms with van der Waals surface area (Å²) in [5.41, 5.74) is 2.29. The van der Waals surface area contributed by atoms with Crippen molar-refractivity contribution in [3.8, 4) is 0 Å². The van der Waals surface area contributed by atoms with Gasteiger partial charge in [-0.15, -0.1) is 0 Å². The second kappa shape index (κ2) is 6.59. The summed E-state index contributed by atoms with van der Waals surface area (Å²) < 4.78 is 13.3. The van der Waals surface area contributed by atoms with Crippen LogP contribution in [0.15, 0.2) is 42.5 Å². The average molecular weight is 307 g/mol. The van der Waals surface area contributed by atoms with Crippen molar-refractivity contribution in [1.29, 1.82) is 0 Å². The largest absolute Gasteiger partial charge is 0.381 e. The molecule has 5 heteroatoms. The Bertz CT molecular complexity index is 641. The zero-order valence-electron chi connectivity index (χ0n) is 11.9. The number of hydrogen-bond acceptors (Lipinski definition) is 2. The maximum absolute atomic E-state index is 13.3. The van der Waals surface area contributed by atoms with Crippen LogP contribution in [0.4, 0.5) is 10.1 Å². The Hall–Kier alpha value is -2.07. The summed E-state index contributed by atoms with van der Waals surface area (Å²) in [6.07, 6.45) is 0. The van der Waals surface area contributed by atoms with E-state index in [1.54, 1.807) is 32.3 Å². The molecule has 21 heavy (non-hydrogen) atoms. The number of rotatable bonds is 4. The molecule has 2 rings (SSSR count). The van der Waals surface area contributed by atoms with E-state index in [2.05, 4.69) is 5.32 Å². The summed E-state index contributed by atoms with van der Waals surface area (Å²) in [5, 5.41) is 3.28. The quantitative estimate of drug-likeness (QED) is 0.932. The van der Waals surface area contributed by atoms with E-state index in [9.17, 15) is 9.18 Å². The molecule has 0 atom stereocenters. The predicted molar refractivity (Wildman–Crippen MR) is 83.2 cm³/mol. The van der Waals surface area contributed by atoms with E-state index in [1.165, 1.54) is 17.0 Å². The van der Waals surface area contributed by atoms with E-state index >= 15 is 0 Å². The first-order valence-electron chi connectivity index (χ1n) is 6.47. The topological polar surface area (TPSA) is 32.3 Å². The van der Waals surface area contributed by atoms with Crippen molar-refractivity contribution in [2.45, 2.75) is 6.54 Å². The smallest absolute Gasteiger partial charge is 0.253 e. The van der Waals surface area contributed by atoms with Crippen LogP contribution in [0.1, 0.15) is 15.9 Å². The third-order valence-electron chi connectivity index (χ3n) is 3.02. The fourth-order valence-corrected chi connectivity index (χ4v) is 1.96. The summed E-state index contributed by atoms with van der Waals surface area (Å²) in [4.78, 5) is 13.3. The number of nitrogens with one attached hydrogen (secondary N) is 1. The maximum atomic E-state index is 13.3. The second-order valence-corrected chi connectivity index (χ2v) is 5.29. The van der Waals surface area contributed by atoms with Crippen LogP contribution in [-0.2, 0) is 6.54 Å². The zero-order valence-corrected chi connectivity index (χ0v) is 12.6. The number of hydrogen-bond donors (Lipinski definition) is 1. The molecule has 0 heterocycles. The molecule has 2 aromatic carbocycles. The summed E-state index contributed by atoms with van der Waals surface area (Å²) >= 11 is 5.64. The Kier molecular flexibility index (Phi) is 4.81. The molecule has 1 N–H and O–H groups in total. The molecule has 0 fully saturated rings. The molecule has 3 nitrogen and oxygen atoms in total. The number of benzene rings is 2. The number of carbonyl (C=O) groups is 1. The lowest BCUT2D eigenvalue weighted by Crippen LogP contribution is -2.21. The van der Waals surface area contributed by atoms with Crippen LogP contribution in [0, 0.1) is 5.82 Å². The van der Waals surface area contributed by atoms with Crippen molar-refractivity contribution in [3.63, 3.8) is 0 Å². The number of anilines is 1. The standard InChI is InChI=1S/C16H16ClFN2O/c1-20(2)16(21)12-4-6-13(7-5-12)19-10-11-3-8-14(17)15(18)9-11/h3-9,19H,10H2,1-2H3. The van der Waals surface area contributed by atoms with E-state index in [-0.39, 0.29) is 10.9 Å². The van der Waals surface area contributed by atoms with Crippen LogP contribution < -0.4 is 5.32 Å². The summed E-state index contributed by atoms with van der Waals surface area (Å²) in [7, 11) is 3.42. The van der Waals surface area contributed by atoms with Crippen LogP contribution in [0.2, 0.25) is 5.02 Å². The molecule has 0 spiro atoms. The monoisotopic (exact) mass is 306 g/mol. The van der Waals surface area contributed by atoms with E-state index < -0.39 is 5.82 Å². The van der Waals surface area contributed by atoms with Crippen LogP contribution >= 0.6 is 11.6 Å². The SMILES string of the molecule is CN(C)C(=O)c1ccc(NCc2ccc(Cl)c(F)c2)cc1. The third kappa shape index (κ3) is 3.95. The third-order valence-corrected chi connectivity index (χ3v) is 3.33. The highest BCUT2D eigenvalue weighted by Crippen LogP contribution is 2.17. The van der Waals surface area contributed by atoms with Crippen molar-refractivity contribution in [2.75, 3.05) is 19.4 Å². The van der Waals surface area contributed by atoms with Crippen molar-refractivity contribution in [3.05, 3.63) is 64.4 Å². The van der Waals surface area contributed by atoms with Gasteiger partial charge in [0, 0.05) is 31.9 Å². The van der Waals surface area contributed by atoms with Crippen molar-refractivity contribution in [1.82, 2.24) is 4.90 Å². The van der Waals surface area contributed by atoms with Crippen LogP contribution in [0.5, 0.6) is 0 Å². The maximum Gasteiger partial charge on any atom is 0.253 e. The minimum Gasteiger partial charge on any atom is -0.381 e. The lowest BCUT2D eigenvalue weighted by Gasteiger charge is -2.11. The van der Waals surface area contributed by atoms with Gasteiger partial charge in [0.15, 0.2) is 0 Å². The first-order valence-corrected chi connectivity index (χ1v) is 6.84. The molecule has 0 radical (unpaired) electrons.